The third kappa shape index (κ3) is 5.61. The zero-order valence-corrected chi connectivity index (χ0v) is 15.0. The minimum absolute atomic E-state index is 0.159. The SMILES string of the molecule is CC(C)CCC(=O)NCC(=O)NC(Cc1c[nH]c2ccccc12)C(=O)O. The van der Waals surface area contributed by atoms with E-state index in [0.29, 0.717) is 12.3 Å². The minimum atomic E-state index is -1.12. The molecule has 1 aromatic heterocycles. The van der Waals surface area contributed by atoms with E-state index in [0.717, 1.165) is 22.9 Å². The number of aromatic nitrogens is 1. The van der Waals surface area contributed by atoms with Crippen LogP contribution in [0.1, 0.15) is 32.3 Å². The van der Waals surface area contributed by atoms with Crippen molar-refractivity contribution < 1.29 is 19.5 Å². The number of rotatable bonds is 9. The number of carboxylic acid groups (broad SMARTS) is 1. The summed E-state index contributed by atoms with van der Waals surface area (Å²) in [5.41, 5.74) is 1.73. The molecular formula is C19H25N3O4. The van der Waals surface area contributed by atoms with Gasteiger partial charge >= 0.3 is 5.97 Å². The maximum Gasteiger partial charge on any atom is 0.326 e. The van der Waals surface area contributed by atoms with Crippen LogP contribution in [0.15, 0.2) is 30.5 Å². The monoisotopic (exact) mass is 359 g/mol. The molecule has 1 heterocycles. The quantitative estimate of drug-likeness (QED) is 0.547. The molecule has 0 bridgehead atoms. The maximum absolute atomic E-state index is 12.0. The lowest BCUT2D eigenvalue weighted by Crippen LogP contribution is -2.46. The van der Waals surface area contributed by atoms with E-state index in [1.807, 2.05) is 38.1 Å². The largest absolute Gasteiger partial charge is 0.480 e. The molecule has 0 aliphatic carbocycles. The summed E-state index contributed by atoms with van der Waals surface area (Å²) in [7, 11) is 0. The fourth-order valence-corrected chi connectivity index (χ4v) is 2.65. The number of nitrogens with one attached hydrogen (secondary N) is 3. The van der Waals surface area contributed by atoms with Crippen LogP contribution in [0.5, 0.6) is 0 Å². The number of amides is 2. The molecule has 0 spiro atoms. The number of fused-ring (bicyclic) bond motifs is 1. The van der Waals surface area contributed by atoms with Crippen molar-refractivity contribution in [1.82, 2.24) is 15.6 Å². The van der Waals surface area contributed by atoms with Crippen LogP contribution in [0.3, 0.4) is 0 Å². The number of carbonyl (C=O) groups excluding carboxylic acids is 2. The molecule has 0 aliphatic heterocycles. The Balaban J connectivity index is 1.90. The lowest BCUT2D eigenvalue weighted by atomic mass is 10.0. The normalized spacial score (nSPS) is 12.1. The molecule has 1 aromatic carbocycles. The van der Waals surface area contributed by atoms with Crippen LogP contribution in [0.2, 0.25) is 0 Å². The molecule has 0 aliphatic rings. The number of H-pyrrole nitrogens is 1. The predicted octanol–water partition coefficient (Wildman–Crippen LogP) is 1.83. The van der Waals surface area contributed by atoms with Crippen molar-refractivity contribution in [3.05, 3.63) is 36.0 Å². The zero-order valence-electron chi connectivity index (χ0n) is 15.0. The van der Waals surface area contributed by atoms with Crippen LogP contribution < -0.4 is 10.6 Å². The highest BCUT2D eigenvalue weighted by Gasteiger charge is 2.22. The molecular weight excluding hydrogens is 334 g/mol. The number of hydrogen-bond donors (Lipinski definition) is 4. The van der Waals surface area contributed by atoms with Crippen LogP contribution in [-0.4, -0.2) is 40.5 Å². The fourth-order valence-electron chi connectivity index (χ4n) is 2.65. The summed E-state index contributed by atoms with van der Waals surface area (Å²) in [4.78, 5) is 38.2. The van der Waals surface area contributed by atoms with E-state index < -0.39 is 17.9 Å². The summed E-state index contributed by atoms with van der Waals surface area (Å²) in [6.07, 6.45) is 3.00. The van der Waals surface area contributed by atoms with Crippen LogP contribution >= 0.6 is 0 Å². The number of para-hydroxylation sites is 1. The van der Waals surface area contributed by atoms with Gasteiger partial charge in [0.05, 0.1) is 6.54 Å². The molecule has 0 saturated heterocycles. The number of aliphatic carboxylic acids is 1. The molecule has 0 fully saturated rings. The first-order chi connectivity index (χ1) is 12.4. The molecule has 1 unspecified atom stereocenters. The minimum Gasteiger partial charge on any atom is -0.480 e. The first-order valence-corrected chi connectivity index (χ1v) is 8.70. The number of carbonyl (C=O) groups is 3. The van der Waals surface area contributed by atoms with Gasteiger partial charge in [-0.3, -0.25) is 9.59 Å². The fraction of sp³-hybridized carbons (Fsp3) is 0.421. The van der Waals surface area contributed by atoms with Gasteiger partial charge in [0.1, 0.15) is 6.04 Å². The van der Waals surface area contributed by atoms with Gasteiger partial charge < -0.3 is 20.7 Å². The number of carboxylic acids is 1. The second-order valence-electron chi connectivity index (χ2n) is 6.73. The maximum atomic E-state index is 12.0. The number of hydrogen-bond acceptors (Lipinski definition) is 3. The molecule has 4 N–H and O–H groups in total. The van der Waals surface area contributed by atoms with E-state index >= 15 is 0 Å². The highest BCUT2D eigenvalue weighted by Crippen LogP contribution is 2.19. The molecule has 0 radical (unpaired) electrons. The molecule has 2 aromatic rings. The van der Waals surface area contributed by atoms with Gasteiger partial charge in [0.15, 0.2) is 0 Å². The Morgan fingerprint density at radius 1 is 1.15 bits per heavy atom. The van der Waals surface area contributed by atoms with E-state index in [4.69, 9.17) is 0 Å². The summed E-state index contributed by atoms with van der Waals surface area (Å²) >= 11 is 0. The summed E-state index contributed by atoms with van der Waals surface area (Å²) in [5, 5.41) is 15.3. The first-order valence-electron chi connectivity index (χ1n) is 8.70. The Kier molecular flexibility index (Phi) is 6.77. The van der Waals surface area contributed by atoms with Gasteiger partial charge in [-0.05, 0) is 24.0 Å². The molecule has 2 amide bonds. The molecule has 26 heavy (non-hydrogen) atoms. The van der Waals surface area contributed by atoms with Crippen molar-refractivity contribution in [2.24, 2.45) is 5.92 Å². The summed E-state index contributed by atoms with van der Waals surface area (Å²) in [5.74, 6) is -1.44. The lowest BCUT2D eigenvalue weighted by molar-refractivity contribution is -0.141. The van der Waals surface area contributed by atoms with Crippen LogP contribution in [-0.2, 0) is 20.8 Å². The lowest BCUT2D eigenvalue weighted by Gasteiger charge is -2.15. The third-order valence-corrected chi connectivity index (χ3v) is 4.13. The highest BCUT2D eigenvalue weighted by atomic mass is 16.4. The second-order valence-corrected chi connectivity index (χ2v) is 6.73. The first kappa shape index (κ1) is 19.5. The van der Waals surface area contributed by atoms with Crippen LogP contribution in [0, 0.1) is 5.92 Å². The Morgan fingerprint density at radius 2 is 1.88 bits per heavy atom. The molecule has 1 atom stereocenters. The molecule has 2 rings (SSSR count). The third-order valence-electron chi connectivity index (χ3n) is 4.13. The molecule has 0 saturated carbocycles. The van der Waals surface area contributed by atoms with E-state index in [-0.39, 0.29) is 18.9 Å². The van der Waals surface area contributed by atoms with E-state index in [9.17, 15) is 19.5 Å². The number of aromatic amines is 1. The Bertz CT molecular complexity index is 782. The van der Waals surface area contributed by atoms with Crippen molar-refractivity contribution in [3.8, 4) is 0 Å². The van der Waals surface area contributed by atoms with Crippen molar-refractivity contribution in [1.29, 1.82) is 0 Å². The summed E-state index contributed by atoms with van der Waals surface area (Å²) in [6, 6.07) is 6.51. The van der Waals surface area contributed by atoms with Crippen molar-refractivity contribution >= 4 is 28.7 Å². The van der Waals surface area contributed by atoms with Gasteiger partial charge in [0.25, 0.3) is 0 Å². The number of benzene rings is 1. The smallest absolute Gasteiger partial charge is 0.326 e. The topological polar surface area (TPSA) is 111 Å². The predicted molar refractivity (Wildman–Crippen MR) is 98.7 cm³/mol. The average Bonchev–Trinajstić information content (AvgIpc) is 3.00. The summed E-state index contributed by atoms with van der Waals surface area (Å²) < 4.78 is 0. The van der Waals surface area contributed by atoms with Crippen LogP contribution in [0.25, 0.3) is 10.9 Å². The molecule has 7 heteroatoms. The zero-order chi connectivity index (χ0) is 19.1. The van der Waals surface area contributed by atoms with Crippen molar-refractivity contribution in [2.45, 2.75) is 39.2 Å². The van der Waals surface area contributed by atoms with Crippen molar-refractivity contribution in [3.63, 3.8) is 0 Å². The van der Waals surface area contributed by atoms with E-state index in [1.54, 1.807) is 6.20 Å². The standard InChI is InChI=1S/C19H25N3O4/c1-12(2)7-8-17(23)21-11-18(24)22-16(19(25)26)9-13-10-20-15-6-4-3-5-14(13)15/h3-6,10,12,16,20H,7-9,11H2,1-2H3,(H,21,23)(H,22,24)(H,25,26). The van der Waals surface area contributed by atoms with Crippen molar-refractivity contribution in [2.75, 3.05) is 6.54 Å². The average molecular weight is 359 g/mol. The Morgan fingerprint density at radius 3 is 2.58 bits per heavy atom. The highest BCUT2D eigenvalue weighted by molar-refractivity contribution is 5.89. The Labute approximate surface area is 152 Å². The van der Waals surface area contributed by atoms with Gasteiger partial charge in [-0.2, -0.15) is 0 Å². The van der Waals surface area contributed by atoms with Gasteiger partial charge in [0, 0.05) is 29.9 Å². The molecule has 140 valence electrons. The van der Waals surface area contributed by atoms with Gasteiger partial charge in [0.2, 0.25) is 11.8 Å². The summed E-state index contributed by atoms with van der Waals surface area (Å²) in [6.45, 7) is 3.80. The van der Waals surface area contributed by atoms with Crippen LogP contribution in [0.4, 0.5) is 0 Å². The van der Waals surface area contributed by atoms with E-state index in [1.165, 1.54) is 0 Å². The second kappa shape index (κ2) is 9.03. The van der Waals surface area contributed by atoms with Gasteiger partial charge in [-0.15, -0.1) is 0 Å². The van der Waals surface area contributed by atoms with E-state index in [2.05, 4.69) is 15.6 Å². The molecule has 7 nitrogen and oxygen atoms in total. The Hall–Kier alpha value is -2.83. The van der Waals surface area contributed by atoms with Gasteiger partial charge in [-0.25, -0.2) is 4.79 Å². The van der Waals surface area contributed by atoms with Gasteiger partial charge in [-0.1, -0.05) is 32.0 Å².